The highest BCUT2D eigenvalue weighted by Crippen LogP contribution is 2.09. The van der Waals surface area contributed by atoms with Gasteiger partial charge < -0.3 is 10.6 Å². The van der Waals surface area contributed by atoms with Gasteiger partial charge in [0.15, 0.2) is 5.96 Å². The van der Waals surface area contributed by atoms with Gasteiger partial charge in [-0.05, 0) is 48.4 Å². The Bertz CT molecular complexity index is 1080. The molecular weight excluding hydrogens is 539 g/mol. The van der Waals surface area contributed by atoms with Gasteiger partial charge in [-0.3, -0.25) is 4.99 Å². The zero-order valence-corrected chi connectivity index (χ0v) is 21.3. The first-order valence-corrected chi connectivity index (χ1v) is 11.7. The number of aromatic nitrogens is 2. The van der Waals surface area contributed by atoms with Crippen molar-refractivity contribution in [2.75, 3.05) is 20.6 Å². The molecule has 0 aliphatic heterocycles. The monoisotopic (exact) mass is 568 g/mol. The van der Waals surface area contributed by atoms with Crippen molar-refractivity contribution in [3.8, 4) is 5.69 Å². The van der Waals surface area contributed by atoms with Crippen molar-refractivity contribution in [3.63, 3.8) is 0 Å². The van der Waals surface area contributed by atoms with Gasteiger partial charge in [-0.1, -0.05) is 36.4 Å². The molecule has 0 spiro atoms. The summed E-state index contributed by atoms with van der Waals surface area (Å²) in [6.45, 7) is 1.35. The van der Waals surface area contributed by atoms with Crippen molar-refractivity contribution in [3.05, 3.63) is 83.7 Å². The topological polar surface area (TPSA) is 100 Å². The summed E-state index contributed by atoms with van der Waals surface area (Å²) < 4.78 is 27.4. The summed E-state index contributed by atoms with van der Waals surface area (Å²) in [6.07, 6.45) is 4.55. The van der Waals surface area contributed by atoms with Crippen LogP contribution in [0.15, 0.2) is 72.0 Å². The highest BCUT2D eigenvalue weighted by atomic mass is 127. The molecule has 0 atom stereocenters. The number of aliphatic imine (C=N–C) groups is 1. The molecule has 0 bridgehead atoms. The lowest BCUT2D eigenvalue weighted by molar-refractivity contribution is 0.587. The molecule has 2 aromatic carbocycles. The van der Waals surface area contributed by atoms with E-state index in [1.54, 1.807) is 13.2 Å². The number of hydrogen-bond acceptors (Lipinski definition) is 4. The quantitative estimate of drug-likeness (QED) is 0.209. The lowest BCUT2D eigenvalue weighted by Gasteiger charge is -2.12. The number of hydrogen-bond donors (Lipinski definition) is 3. The average molecular weight is 568 g/mol. The standard InChI is InChI=1S/C22H28N6O2S.HI/c1-23-22(26-16-19-4-6-20(7-5-19)17-31(29,30)24-2)25-14-12-18-8-10-21(11-9-18)28-15-3-13-27-28;/h3-11,13,15,24H,12,14,16-17H2,1-2H3,(H2,23,25,26);1H. The Kier molecular flexibility index (Phi) is 10.1. The maximum absolute atomic E-state index is 11.6. The van der Waals surface area contributed by atoms with Crippen LogP contribution < -0.4 is 15.4 Å². The number of benzene rings is 2. The van der Waals surface area contributed by atoms with E-state index >= 15 is 0 Å². The van der Waals surface area contributed by atoms with Crippen LogP contribution >= 0.6 is 24.0 Å². The molecule has 0 amide bonds. The zero-order chi connectivity index (χ0) is 22.1. The van der Waals surface area contributed by atoms with Crippen LogP contribution in [-0.4, -0.2) is 44.8 Å². The Morgan fingerprint density at radius 1 is 1.00 bits per heavy atom. The minimum atomic E-state index is -3.26. The Hall–Kier alpha value is -2.44. The van der Waals surface area contributed by atoms with Gasteiger partial charge in [0.2, 0.25) is 10.0 Å². The number of halogens is 1. The van der Waals surface area contributed by atoms with E-state index in [1.807, 2.05) is 41.2 Å². The molecule has 3 aromatic rings. The summed E-state index contributed by atoms with van der Waals surface area (Å²) in [7, 11) is -0.106. The van der Waals surface area contributed by atoms with E-state index in [1.165, 1.54) is 12.6 Å². The van der Waals surface area contributed by atoms with Crippen LogP contribution in [0.1, 0.15) is 16.7 Å². The van der Waals surface area contributed by atoms with Gasteiger partial charge in [0.05, 0.1) is 11.4 Å². The summed E-state index contributed by atoms with van der Waals surface area (Å²) in [5, 5.41) is 10.8. The second-order valence-corrected chi connectivity index (χ2v) is 8.93. The minimum Gasteiger partial charge on any atom is -0.356 e. The lowest BCUT2D eigenvalue weighted by Crippen LogP contribution is -2.37. The smallest absolute Gasteiger partial charge is 0.215 e. The Morgan fingerprint density at radius 3 is 2.25 bits per heavy atom. The third-order valence-corrected chi connectivity index (χ3v) is 6.12. The molecule has 1 aromatic heterocycles. The van der Waals surface area contributed by atoms with E-state index in [0.717, 1.165) is 35.7 Å². The molecule has 32 heavy (non-hydrogen) atoms. The molecule has 3 N–H and O–H groups in total. The lowest BCUT2D eigenvalue weighted by atomic mass is 10.1. The predicted molar refractivity (Wildman–Crippen MR) is 139 cm³/mol. The van der Waals surface area contributed by atoms with Crippen molar-refractivity contribution in [2.45, 2.75) is 18.7 Å². The summed E-state index contributed by atoms with van der Waals surface area (Å²) in [4.78, 5) is 4.25. The summed E-state index contributed by atoms with van der Waals surface area (Å²) >= 11 is 0. The summed E-state index contributed by atoms with van der Waals surface area (Å²) in [6, 6.07) is 17.7. The molecule has 0 aliphatic rings. The average Bonchev–Trinajstić information content (AvgIpc) is 3.32. The molecule has 0 saturated heterocycles. The molecule has 0 saturated carbocycles. The van der Waals surface area contributed by atoms with E-state index in [-0.39, 0.29) is 29.7 Å². The Balaban J connectivity index is 0.00000363. The van der Waals surface area contributed by atoms with Crippen molar-refractivity contribution in [1.82, 2.24) is 25.1 Å². The van der Waals surface area contributed by atoms with E-state index in [2.05, 4.69) is 49.7 Å². The normalized spacial score (nSPS) is 11.6. The first-order valence-electron chi connectivity index (χ1n) is 10.0. The van der Waals surface area contributed by atoms with Crippen LogP contribution in [0, 0.1) is 0 Å². The van der Waals surface area contributed by atoms with Gasteiger partial charge in [0.1, 0.15) is 0 Å². The molecule has 172 valence electrons. The summed E-state index contributed by atoms with van der Waals surface area (Å²) in [5.74, 6) is 0.693. The molecule has 1 heterocycles. The zero-order valence-electron chi connectivity index (χ0n) is 18.2. The highest BCUT2D eigenvalue weighted by molar-refractivity contribution is 14.0. The highest BCUT2D eigenvalue weighted by Gasteiger charge is 2.08. The van der Waals surface area contributed by atoms with E-state index in [4.69, 9.17) is 0 Å². The van der Waals surface area contributed by atoms with Gasteiger partial charge in [0, 0.05) is 32.5 Å². The molecule has 3 rings (SSSR count). The minimum absolute atomic E-state index is 0. The van der Waals surface area contributed by atoms with Crippen molar-refractivity contribution < 1.29 is 8.42 Å². The Labute approximate surface area is 206 Å². The number of nitrogens with one attached hydrogen (secondary N) is 3. The van der Waals surface area contributed by atoms with Crippen LogP contribution in [0.2, 0.25) is 0 Å². The van der Waals surface area contributed by atoms with E-state index in [9.17, 15) is 8.42 Å². The Morgan fingerprint density at radius 2 is 1.66 bits per heavy atom. The first kappa shape index (κ1) is 25.8. The second-order valence-electron chi connectivity index (χ2n) is 7.00. The fraction of sp³-hybridized carbons (Fsp3) is 0.273. The van der Waals surface area contributed by atoms with Gasteiger partial charge in [-0.2, -0.15) is 5.10 Å². The maximum atomic E-state index is 11.6. The number of nitrogens with zero attached hydrogens (tertiary/aromatic N) is 3. The van der Waals surface area contributed by atoms with Crippen molar-refractivity contribution >= 4 is 40.0 Å². The molecule has 0 unspecified atom stereocenters. The van der Waals surface area contributed by atoms with Crippen molar-refractivity contribution in [2.24, 2.45) is 4.99 Å². The maximum Gasteiger partial charge on any atom is 0.215 e. The number of sulfonamides is 1. The fourth-order valence-electron chi connectivity index (χ4n) is 3.01. The third kappa shape index (κ3) is 7.92. The molecule has 0 aliphatic carbocycles. The second kappa shape index (κ2) is 12.6. The number of guanidine groups is 1. The SMILES string of the molecule is CN=C(NCCc1ccc(-n2cccn2)cc1)NCc1ccc(CS(=O)(=O)NC)cc1.I. The van der Waals surface area contributed by atoms with Gasteiger partial charge in [0.25, 0.3) is 0 Å². The predicted octanol–water partition coefficient (Wildman–Crippen LogP) is 2.45. The van der Waals surface area contributed by atoms with E-state index < -0.39 is 10.0 Å². The molecule has 0 radical (unpaired) electrons. The van der Waals surface area contributed by atoms with Crippen LogP contribution in [-0.2, 0) is 28.7 Å². The van der Waals surface area contributed by atoms with Crippen LogP contribution in [0.4, 0.5) is 0 Å². The van der Waals surface area contributed by atoms with Crippen LogP contribution in [0.3, 0.4) is 0 Å². The number of rotatable bonds is 9. The van der Waals surface area contributed by atoms with E-state index in [0.29, 0.717) is 6.54 Å². The third-order valence-electron chi connectivity index (χ3n) is 4.79. The van der Waals surface area contributed by atoms with Gasteiger partial charge in [-0.25, -0.2) is 17.8 Å². The van der Waals surface area contributed by atoms with Crippen LogP contribution in [0.25, 0.3) is 5.69 Å². The molecule has 8 nitrogen and oxygen atoms in total. The first-order chi connectivity index (χ1) is 15.0. The van der Waals surface area contributed by atoms with Gasteiger partial charge in [-0.15, -0.1) is 24.0 Å². The largest absolute Gasteiger partial charge is 0.356 e. The van der Waals surface area contributed by atoms with Crippen molar-refractivity contribution in [1.29, 1.82) is 0 Å². The molecule has 0 fully saturated rings. The van der Waals surface area contributed by atoms with Crippen LogP contribution in [0.5, 0.6) is 0 Å². The molecular formula is C22H29IN6O2S. The fourth-order valence-corrected chi connectivity index (χ4v) is 3.79. The molecule has 10 heteroatoms. The summed E-state index contributed by atoms with van der Waals surface area (Å²) in [5.41, 5.74) is 4.06. The van der Waals surface area contributed by atoms with Gasteiger partial charge >= 0.3 is 0 Å².